The second-order valence-corrected chi connectivity index (χ2v) is 6.47. The molecule has 0 bridgehead atoms. The summed E-state index contributed by atoms with van der Waals surface area (Å²) in [5.41, 5.74) is 7.27. The van der Waals surface area contributed by atoms with Crippen LogP contribution in [0.5, 0.6) is 0 Å². The maximum Gasteiger partial charge on any atom is 0.254 e. The lowest BCUT2D eigenvalue weighted by molar-refractivity contribution is -0.117. The topological polar surface area (TPSA) is 75.4 Å². The van der Waals surface area contributed by atoms with Gasteiger partial charge in [-0.05, 0) is 43.0 Å². The Kier molecular flexibility index (Phi) is 6.95. The maximum atomic E-state index is 12.5. The molecular weight excluding hydrogens is 314 g/mol. The molecule has 1 aromatic carbocycles. The fraction of sp³-hybridized carbons (Fsp3) is 0.400. The van der Waals surface area contributed by atoms with Crippen LogP contribution in [0.4, 0.5) is 5.69 Å². The van der Waals surface area contributed by atoms with Gasteiger partial charge in [-0.15, -0.1) is 13.2 Å². The summed E-state index contributed by atoms with van der Waals surface area (Å²) in [4.78, 5) is 26.2. The third kappa shape index (κ3) is 5.29. The Balaban J connectivity index is 1.94. The van der Waals surface area contributed by atoms with Gasteiger partial charge < -0.3 is 16.0 Å². The van der Waals surface area contributed by atoms with E-state index in [0.29, 0.717) is 30.8 Å². The summed E-state index contributed by atoms with van der Waals surface area (Å²) in [5.74, 6) is 0.156. The molecule has 134 valence electrons. The summed E-state index contributed by atoms with van der Waals surface area (Å²) >= 11 is 0. The highest BCUT2D eigenvalue weighted by Crippen LogP contribution is 2.27. The van der Waals surface area contributed by atoms with Crippen LogP contribution >= 0.6 is 0 Å². The number of nitrogens with zero attached hydrogens (tertiary/aromatic N) is 1. The lowest BCUT2D eigenvalue weighted by atomic mass is 10.00. The number of hydrogen-bond donors (Lipinski definition) is 2. The molecule has 3 N–H and O–H groups in total. The highest BCUT2D eigenvalue weighted by Gasteiger charge is 2.26. The average molecular weight is 341 g/mol. The Morgan fingerprint density at radius 1 is 1.16 bits per heavy atom. The number of benzene rings is 1. The van der Waals surface area contributed by atoms with Gasteiger partial charge in [-0.1, -0.05) is 18.6 Å². The smallest absolute Gasteiger partial charge is 0.254 e. The van der Waals surface area contributed by atoms with Crippen LogP contribution in [0.3, 0.4) is 0 Å². The normalized spacial score (nSPS) is 19.2. The van der Waals surface area contributed by atoms with Crippen LogP contribution in [0, 0.1) is 5.92 Å². The van der Waals surface area contributed by atoms with E-state index in [0.717, 1.165) is 19.3 Å². The summed E-state index contributed by atoms with van der Waals surface area (Å²) in [6.45, 7) is 8.26. The molecule has 5 heteroatoms. The number of nitrogens with one attached hydrogen (secondary N) is 1. The predicted molar refractivity (Wildman–Crippen MR) is 101 cm³/mol. The molecule has 2 rings (SSSR count). The van der Waals surface area contributed by atoms with Crippen LogP contribution in [-0.2, 0) is 4.79 Å². The standard InChI is InChI=1S/C20H27N3O2/c1-3-12-23(13-4-2)20(25)15-8-10-17(11-9-15)22-19(24)14-16-6-5-7-18(16)21/h3-4,8-11,16,18H,1-2,5-7,12-14,21H2,(H,22,24)/t16-,18+/m0/s1. The van der Waals surface area contributed by atoms with Crippen LogP contribution in [0.2, 0.25) is 0 Å². The molecule has 1 aliphatic carbocycles. The van der Waals surface area contributed by atoms with Gasteiger partial charge in [0.15, 0.2) is 0 Å². The van der Waals surface area contributed by atoms with E-state index < -0.39 is 0 Å². The number of amides is 2. The van der Waals surface area contributed by atoms with E-state index in [-0.39, 0.29) is 23.8 Å². The Bertz CT molecular complexity index is 614. The van der Waals surface area contributed by atoms with Crippen molar-refractivity contribution in [3.63, 3.8) is 0 Å². The molecule has 0 radical (unpaired) electrons. The van der Waals surface area contributed by atoms with Gasteiger partial charge in [0.1, 0.15) is 0 Å². The van der Waals surface area contributed by atoms with Crippen molar-refractivity contribution in [2.24, 2.45) is 11.7 Å². The van der Waals surface area contributed by atoms with Gasteiger partial charge in [0, 0.05) is 36.8 Å². The molecule has 0 aliphatic heterocycles. The maximum absolute atomic E-state index is 12.5. The molecule has 1 saturated carbocycles. The molecule has 2 amide bonds. The van der Waals surface area contributed by atoms with E-state index >= 15 is 0 Å². The summed E-state index contributed by atoms with van der Waals surface area (Å²) < 4.78 is 0. The van der Waals surface area contributed by atoms with Crippen molar-refractivity contribution < 1.29 is 9.59 Å². The van der Waals surface area contributed by atoms with Crippen LogP contribution in [0.15, 0.2) is 49.6 Å². The third-order valence-corrected chi connectivity index (χ3v) is 4.57. The van der Waals surface area contributed by atoms with Crippen molar-refractivity contribution in [1.82, 2.24) is 4.90 Å². The molecule has 1 aliphatic rings. The van der Waals surface area contributed by atoms with Crippen LogP contribution < -0.4 is 11.1 Å². The van der Waals surface area contributed by atoms with E-state index in [1.807, 2.05) is 0 Å². The average Bonchev–Trinajstić information content (AvgIpc) is 2.99. The van der Waals surface area contributed by atoms with Crippen LogP contribution in [0.1, 0.15) is 36.0 Å². The minimum atomic E-state index is -0.0883. The Hall–Kier alpha value is -2.40. The van der Waals surface area contributed by atoms with Crippen LogP contribution in [-0.4, -0.2) is 35.8 Å². The zero-order valence-electron chi connectivity index (χ0n) is 14.6. The van der Waals surface area contributed by atoms with Crippen molar-refractivity contribution in [1.29, 1.82) is 0 Å². The van der Waals surface area contributed by atoms with Crippen molar-refractivity contribution in [3.8, 4) is 0 Å². The molecule has 2 atom stereocenters. The number of anilines is 1. The minimum absolute atomic E-state index is 0.0265. The van der Waals surface area contributed by atoms with Gasteiger partial charge in [-0.25, -0.2) is 0 Å². The summed E-state index contributed by atoms with van der Waals surface area (Å²) in [6, 6.07) is 7.07. The zero-order valence-corrected chi connectivity index (χ0v) is 14.6. The van der Waals surface area contributed by atoms with E-state index in [1.54, 1.807) is 41.3 Å². The summed E-state index contributed by atoms with van der Waals surface area (Å²) in [5, 5.41) is 2.88. The predicted octanol–water partition coefficient (Wildman–Crippen LogP) is 2.96. The van der Waals surface area contributed by atoms with Crippen LogP contribution in [0.25, 0.3) is 0 Å². The van der Waals surface area contributed by atoms with E-state index in [4.69, 9.17) is 5.73 Å². The van der Waals surface area contributed by atoms with Gasteiger partial charge in [-0.2, -0.15) is 0 Å². The van der Waals surface area contributed by atoms with Crippen molar-refractivity contribution in [2.45, 2.75) is 31.7 Å². The lowest BCUT2D eigenvalue weighted by Gasteiger charge is -2.19. The molecule has 0 spiro atoms. The second kappa shape index (κ2) is 9.18. The molecule has 0 heterocycles. The third-order valence-electron chi connectivity index (χ3n) is 4.57. The monoisotopic (exact) mass is 341 g/mol. The first-order valence-corrected chi connectivity index (χ1v) is 8.71. The number of hydrogen-bond acceptors (Lipinski definition) is 3. The Morgan fingerprint density at radius 2 is 1.80 bits per heavy atom. The highest BCUT2D eigenvalue weighted by molar-refractivity contribution is 5.96. The first-order valence-electron chi connectivity index (χ1n) is 8.71. The van der Waals surface area contributed by atoms with Gasteiger partial charge in [0.2, 0.25) is 5.91 Å². The fourth-order valence-electron chi connectivity index (χ4n) is 3.20. The summed E-state index contributed by atoms with van der Waals surface area (Å²) in [6.07, 6.45) is 6.94. The zero-order chi connectivity index (χ0) is 18.2. The van der Waals surface area contributed by atoms with Gasteiger partial charge in [0.25, 0.3) is 5.91 Å². The molecular formula is C20H27N3O2. The van der Waals surface area contributed by atoms with E-state index in [1.165, 1.54) is 0 Å². The quantitative estimate of drug-likeness (QED) is 0.714. The number of carbonyl (C=O) groups excluding carboxylic acids is 2. The summed E-state index contributed by atoms with van der Waals surface area (Å²) in [7, 11) is 0. The number of nitrogens with two attached hydrogens (primary N) is 1. The Morgan fingerprint density at radius 3 is 2.32 bits per heavy atom. The van der Waals surface area contributed by atoms with Crippen molar-refractivity contribution in [2.75, 3.05) is 18.4 Å². The number of rotatable bonds is 8. The largest absolute Gasteiger partial charge is 0.331 e. The number of carbonyl (C=O) groups is 2. The molecule has 25 heavy (non-hydrogen) atoms. The molecule has 0 unspecified atom stereocenters. The molecule has 1 fully saturated rings. The first-order chi connectivity index (χ1) is 12.0. The second-order valence-electron chi connectivity index (χ2n) is 6.47. The molecule has 1 aromatic rings. The lowest BCUT2D eigenvalue weighted by Crippen LogP contribution is -2.31. The molecule has 5 nitrogen and oxygen atoms in total. The van der Waals surface area contributed by atoms with Gasteiger partial charge in [0.05, 0.1) is 0 Å². The van der Waals surface area contributed by atoms with Gasteiger partial charge in [-0.3, -0.25) is 9.59 Å². The van der Waals surface area contributed by atoms with Crippen molar-refractivity contribution >= 4 is 17.5 Å². The molecule has 0 aromatic heterocycles. The highest BCUT2D eigenvalue weighted by atomic mass is 16.2. The minimum Gasteiger partial charge on any atom is -0.331 e. The SMILES string of the molecule is C=CCN(CC=C)C(=O)c1ccc(NC(=O)C[C@@H]2CCC[C@H]2N)cc1. The Labute approximate surface area is 149 Å². The van der Waals surface area contributed by atoms with E-state index in [2.05, 4.69) is 18.5 Å². The van der Waals surface area contributed by atoms with Crippen molar-refractivity contribution in [3.05, 3.63) is 55.1 Å². The van der Waals surface area contributed by atoms with E-state index in [9.17, 15) is 9.59 Å². The van der Waals surface area contributed by atoms with Gasteiger partial charge >= 0.3 is 0 Å². The fourth-order valence-corrected chi connectivity index (χ4v) is 3.20. The first kappa shape index (κ1) is 18.9. The molecule has 0 saturated heterocycles.